The first kappa shape index (κ1) is 29.3. The molecule has 0 aromatic heterocycles. The van der Waals surface area contributed by atoms with Crippen LogP contribution in [0.25, 0.3) is 0 Å². The van der Waals surface area contributed by atoms with Crippen molar-refractivity contribution in [3.63, 3.8) is 0 Å². The first-order valence-corrected chi connectivity index (χ1v) is 14.0. The fourth-order valence-electron chi connectivity index (χ4n) is 4.27. The molecule has 1 rings (SSSR count). The van der Waals surface area contributed by atoms with Crippen molar-refractivity contribution in [2.75, 3.05) is 23.3 Å². The van der Waals surface area contributed by atoms with Gasteiger partial charge in [0, 0.05) is 30.9 Å². The lowest BCUT2D eigenvalue weighted by molar-refractivity contribution is -0.116. The van der Waals surface area contributed by atoms with Crippen LogP contribution in [-0.2, 0) is 4.79 Å². The fraction of sp³-hybridized carbons (Fsp3) is 0.700. The quantitative estimate of drug-likeness (QED) is 0.148. The molecular weight excluding hydrogens is 404 g/mol. The number of benzene rings is 1. The largest absolute Gasteiger partial charge is 0.371 e. The van der Waals surface area contributed by atoms with E-state index in [1.807, 2.05) is 12.1 Å². The fourth-order valence-corrected chi connectivity index (χ4v) is 4.27. The first-order valence-electron chi connectivity index (χ1n) is 14.0. The van der Waals surface area contributed by atoms with Crippen molar-refractivity contribution in [3.8, 4) is 0 Å². The van der Waals surface area contributed by atoms with E-state index in [1.54, 1.807) is 0 Å². The molecule has 188 valence electrons. The van der Waals surface area contributed by atoms with Crippen molar-refractivity contribution >= 4 is 17.3 Å². The minimum Gasteiger partial charge on any atom is -0.371 e. The van der Waals surface area contributed by atoms with E-state index in [-0.39, 0.29) is 5.91 Å². The lowest BCUT2D eigenvalue weighted by atomic mass is 10.1. The second-order valence-corrected chi connectivity index (χ2v) is 9.42. The molecule has 1 N–H and O–H groups in total. The molecule has 0 aliphatic rings. The summed E-state index contributed by atoms with van der Waals surface area (Å²) >= 11 is 0. The SMILES string of the molecule is CCCCCCCC/C=C\CCCCCCCC(=O)Nc1cccc(N(CCC)CCC)c1. The highest BCUT2D eigenvalue weighted by Crippen LogP contribution is 2.20. The van der Waals surface area contributed by atoms with Crippen LogP contribution in [0.2, 0.25) is 0 Å². The summed E-state index contributed by atoms with van der Waals surface area (Å²) in [6.45, 7) is 8.81. The third-order valence-electron chi connectivity index (χ3n) is 6.15. The Morgan fingerprint density at radius 2 is 1.33 bits per heavy atom. The molecule has 33 heavy (non-hydrogen) atoms. The molecule has 1 aromatic rings. The maximum absolute atomic E-state index is 12.3. The van der Waals surface area contributed by atoms with Crippen molar-refractivity contribution < 1.29 is 4.79 Å². The maximum Gasteiger partial charge on any atom is 0.224 e. The third-order valence-corrected chi connectivity index (χ3v) is 6.15. The number of carbonyl (C=O) groups is 1. The zero-order chi connectivity index (χ0) is 24.0. The summed E-state index contributed by atoms with van der Waals surface area (Å²) in [5, 5.41) is 3.10. The summed E-state index contributed by atoms with van der Waals surface area (Å²) in [4.78, 5) is 14.7. The van der Waals surface area contributed by atoms with E-state index in [1.165, 1.54) is 76.3 Å². The number of unbranched alkanes of at least 4 members (excludes halogenated alkanes) is 11. The Morgan fingerprint density at radius 3 is 1.94 bits per heavy atom. The van der Waals surface area contributed by atoms with Crippen LogP contribution in [0.4, 0.5) is 11.4 Å². The molecule has 0 aliphatic heterocycles. The van der Waals surface area contributed by atoms with Gasteiger partial charge in [-0.3, -0.25) is 4.79 Å². The van der Waals surface area contributed by atoms with E-state index in [9.17, 15) is 4.79 Å². The Balaban J connectivity index is 2.08. The molecule has 1 aromatic carbocycles. The number of anilines is 2. The van der Waals surface area contributed by atoms with Gasteiger partial charge in [0.15, 0.2) is 0 Å². The molecule has 0 atom stereocenters. The second-order valence-electron chi connectivity index (χ2n) is 9.42. The number of nitrogens with zero attached hydrogens (tertiary/aromatic N) is 1. The number of rotatable bonds is 21. The molecule has 0 radical (unpaired) electrons. The van der Waals surface area contributed by atoms with Gasteiger partial charge in [0.25, 0.3) is 0 Å². The summed E-state index contributed by atoms with van der Waals surface area (Å²) in [5.41, 5.74) is 2.12. The number of amides is 1. The van der Waals surface area contributed by atoms with E-state index < -0.39 is 0 Å². The summed E-state index contributed by atoms with van der Waals surface area (Å²) in [5.74, 6) is 0.141. The van der Waals surface area contributed by atoms with E-state index >= 15 is 0 Å². The molecule has 3 heteroatoms. The zero-order valence-electron chi connectivity index (χ0n) is 22.0. The van der Waals surface area contributed by atoms with Crippen molar-refractivity contribution in [3.05, 3.63) is 36.4 Å². The van der Waals surface area contributed by atoms with Crippen LogP contribution in [0.5, 0.6) is 0 Å². The lowest BCUT2D eigenvalue weighted by Crippen LogP contribution is -2.25. The second kappa shape index (κ2) is 20.8. The summed E-state index contributed by atoms with van der Waals surface area (Å²) < 4.78 is 0. The van der Waals surface area contributed by atoms with Crippen LogP contribution in [-0.4, -0.2) is 19.0 Å². The molecule has 0 bridgehead atoms. The van der Waals surface area contributed by atoms with Crippen LogP contribution in [0, 0.1) is 0 Å². The molecule has 0 fully saturated rings. The van der Waals surface area contributed by atoms with Gasteiger partial charge in [-0.25, -0.2) is 0 Å². The van der Waals surface area contributed by atoms with Gasteiger partial charge in [0.2, 0.25) is 5.91 Å². The van der Waals surface area contributed by atoms with Gasteiger partial charge in [-0.2, -0.15) is 0 Å². The lowest BCUT2D eigenvalue weighted by Gasteiger charge is -2.24. The minimum atomic E-state index is 0.141. The molecule has 3 nitrogen and oxygen atoms in total. The number of allylic oxidation sites excluding steroid dienone is 2. The van der Waals surface area contributed by atoms with Crippen LogP contribution in [0.1, 0.15) is 124 Å². The monoisotopic (exact) mass is 456 g/mol. The molecule has 0 saturated heterocycles. The number of hydrogen-bond acceptors (Lipinski definition) is 2. The Labute approximate surface area is 205 Å². The average Bonchev–Trinajstić information content (AvgIpc) is 2.81. The van der Waals surface area contributed by atoms with Gasteiger partial charge in [-0.05, 0) is 63.1 Å². The summed E-state index contributed by atoms with van der Waals surface area (Å²) in [6, 6.07) is 8.30. The average molecular weight is 457 g/mol. The molecule has 1 amide bonds. The highest BCUT2D eigenvalue weighted by Gasteiger charge is 2.07. The van der Waals surface area contributed by atoms with Crippen molar-refractivity contribution in [1.29, 1.82) is 0 Å². The summed E-state index contributed by atoms with van der Waals surface area (Å²) in [7, 11) is 0. The molecule has 0 unspecified atom stereocenters. The topological polar surface area (TPSA) is 32.3 Å². The first-order chi connectivity index (χ1) is 16.2. The van der Waals surface area contributed by atoms with Crippen molar-refractivity contribution in [2.24, 2.45) is 0 Å². The van der Waals surface area contributed by atoms with Crippen LogP contribution in [0.15, 0.2) is 36.4 Å². The minimum absolute atomic E-state index is 0.141. The standard InChI is InChI=1S/C30H52N2O/c1-4-7-8-9-10-11-12-13-14-15-16-17-18-19-20-24-30(33)31-28-22-21-23-29(27-28)32(25-5-2)26-6-3/h13-14,21-23,27H,4-12,15-20,24-26H2,1-3H3,(H,31,33)/b14-13-. The van der Waals surface area contributed by atoms with Gasteiger partial charge in [0.05, 0.1) is 0 Å². The van der Waals surface area contributed by atoms with Gasteiger partial charge < -0.3 is 10.2 Å². The van der Waals surface area contributed by atoms with Gasteiger partial charge >= 0.3 is 0 Å². The van der Waals surface area contributed by atoms with Crippen LogP contribution >= 0.6 is 0 Å². The van der Waals surface area contributed by atoms with E-state index in [4.69, 9.17) is 0 Å². The molecule has 0 heterocycles. The van der Waals surface area contributed by atoms with E-state index in [2.05, 4.69) is 55.3 Å². The molecular formula is C30H52N2O. The van der Waals surface area contributed by atoms with E-state index in [0.29, 0.717) is 6.42 Å². The normalized spacial score (nSPS) is 11.2. The Bertz CT molecular complexity index is 619. The molecule has 0 aliphatic carbocycles. The predicted octanol–water partition coefficient (Wildman–Crippen LogP) is 9.29. The highest BCUT2D eigenvalue weighted by atomic mass is 16.1. The van der Waals surface area contributed by atoms with Crippen molar-refractivity contribution in [2.45, 2.75) is 124 Å². The molecule has 0 spiro atoms. The van der Waals surface area contributed by atoms with Crippen LogP contribution < -0.4 is 10.2 Å². The predicted molar refractivity (Wildman–Crippen MR) is 147 cm³/mol. The van der Waals surface area contributed by atoms with Gasteiger partial charge in [0.1, 0.15) is 0 Å². The Morgan fingerprint density at radius 1 is 0.758 bits per heavy atom. The van der Waals surface area contributed by atoms with Crippen LogP contribution in [0.3, 0.4) is 0 Å². The number of hydrogen-bond donors (Lipinski definition) is 1. The number of nitrogens with one attached hydrogen (secondary N) is 1. The Kier molecular flexibility index (Phi) is 18.5. The zero-order valence-corrected chi connectivity index (χ0v) is 22.0. The van der Waals surface area contributed by atoms with Gasteiger partial charge in [-0.15, -0.1) is 0 Å². The highest BCUT2D eigenvalue weighted by molar-refractivity contribution is 5.91. The Hall–Kier alpha value is -1.77. The van der Waals surface area contributed by atoms with Gasteiger partial charge in [-0.1, -0.05) is 90.4 Å². The maximum atomic E-state index is 12.3. The number of carbonyl (C=O) groups excluding carboxylic acids is 1. The van der Waals surface area contributed by atoms with Crippen molar-refractivity contribution in [1.82, 2.24) is 0 Å². The third kappa shape index (κ3) is 15.7. The summed E-state index contributed by atoms with van der Waals surface area (Å²) in [6.07, 6.45) is 24.3. The molecule has 0 saturated carbocycles. The van der Waals surface area contributed by atoms with E-state index in [0.717, 1.165) is 44.5 Å². The smallest absolute Gasteiger partial charge is 0.224 e.